The van der Waals surface area contributed by atoms with Crippen LogP contribution in [-0.4, -0.2) is 65.3 Å². The average Bonchev–Trinajstić information content (AvgIpc) is 3.70. The first-order valence-electron chi connectivity index (χ1n) is 11.9. The molecule has 0 unspecified atom stereocenters. The van der Waals surface area contributed by atoms with Crippen LogP contribution in [0.1, 0.15) is 58.4 Å². The molecule has 1 aromatic heterocycles. The van der Waals surface area contributed by atoms with E-state index in [-0.39, 0.29) is 11.3 Å². The summed E-state index contributed by atoms with van der Waals surface area (Å²) >= 11 is 0.987. The van der Waals surface area contributed by atoms with Crippen LogP contribution in [0.3, 0.4) is 0 Å². The number of H-pyrrole nitrogens is 1. The van der Waals surface area contributed by atoms with Gasteiger partial charge in [-0.05, 0) is 11.6 Å². The van der Waals surface area contributed by atoms with Crippen molar-refractivity contribution in [3.8, 4) is 0 Å². The van der Waals surface area contributed by atoms with Gasteiger partial charge in [-0.15, -0.1) is 0 Å². The zero-order valence-electron chi connectivity index (χ0n) is 21.5. The second-order valence-electron chi connectivity index (χ2n) is 8.68. The summed E-state index contributed by atoms with van der Waals surface area (Å²) in [5, 5.41) is 38.9. The van der Waals surface area contributed by atoms with E-state index in [1.807, 2.05) is 28.9 Å². The third-order valence-electron chi connectivity index (χ3n) is 6.05. The van der Waals surface area contributed by atoms with Gasteiger partial charge in [-0.3, -0.25) is 18.4 Å². The summed E-state index contributed by atoms with van der Waals surface area (Å²) in [6, 6.07) is 4.31. The third-order valence-corrected chi connectivity index (χ3v) is 6.93. The minimum atomic E-state index is -1.98. The van der Waals surface area contributed by atoms with E-state index in [1.54, 1.807) is 12.1 Å². The first-order valence-corrected chi connectivity index (χ1v) is 13.6. The Labute approximate surface area is 246 Å². The third kappa shape index (κ3) is 5.81. The number of carboxylic acid groups (broad SMARTS) is 4. The Hall–Kier alpha value is -5.55. The van der Waals surface area contributed by atoms with Crippen LogP contribution >= 0.6 is 0 Å². The predicted molar refractivity (Wildman–Crippen MR) is 150 cm³/mol. The molecule has 0 bridgehead atoms. The Kier molecular flexibility index (Phi) is 8.34. The molecule has 1 aromatic carbocycles. The van der Waals surface area contributed by atoms with Crippen molar-refractivity contribution in [3.05, 3.63) is 117 Å². The van der Waals surface area contributed by atoms with E-state index in [1.165, 1.54) is 12.2 Å². The number of aromatic carboxylic acids is 4. The van der Waals surface area contributed by atoms with Gasteiger partial charge in [-0.1, -0.05) is 5.57 Å². The maximum atomic E-state index is 12.3. The number of benzene rings is 1. The van der Waals surface area contributed by atoms with Crippen molar-refractivity contribution in [2.45, 2.75) is 0 Å². The van der Waals surface area contributed by atoms with E-state index >= 15 is 0 Å². The second kappa shape index (κ2) is 11.9. The fraction of sp³-hybridized carbons (Fsp3) is 0. The smallest absolute Gasteiger partial charge is 0.478 e. The van der Waals surface area contributed by atoms with E-state index in [2.05, 4.69) is 15.0 Å². The van der Waals surface area contributed by atoms with Crippen molar-refractivity contribution in [1.82, 2.24) is 4.98 Å². The van der Waals surface area contributed by atoms with Gasteiger partial charge in [0.25, 0.3) is 0 Å². The Morgan fingerprint density at radius 1 is 0.786 bits per heavy atom. The summed E-state index contributed by atoms with van der Waals surface area (Å²) in [6.45, 7) is 5.56. The van der Waals surface area contributed by atoms with Crippen LogP contribution in [-0.2, 0) is 17.9 Å². The standard InChI is InChI=1S/C29H19N4O8.Zn/c1-3-20(30)22(18-12-19(26(34)35)24(28(38)39)25(29(40)41)23(18)27(36)37)21-9-8-17(33-21)11-16-7-6-15(32-16)10-14-5-4-13(2)31-14;/h1-12H,(H7,30,31,32,33,34,35,36,37,38,39,40,41);/q-1;/p-1. The first kappa shape index (κ1) is 29.4. The minimum Gasteiger partial charge on any atom is -0.478 e. The van der Waals surface area contributed by atoms with Crippen LogP contribution in [0.15, 0.2) is 75.7 Å². The van der Waals surface area contributed by atoms with Crippen LogP contribution in [0, 0.1) is 6.58 Å². The van der Waals surface area contributed by atoms with E-state index in [0.717, 1.165) is 41.0 Å². The number of nitrogens with zero attached hydrogens (tertiary/aromatic N) is 2. The summed E-state index contributed by atoms with van der Waals surface area (Å²) in [5.41, 5.74) is 5.91. The molecule has 2 aromatic rings. The van der Waals surface area contributed by atoms with Gasteiger partial charge in [-0.2, -0.15) is 0 Å². The number of allylic oxidation sites excluding steroid dienone is 6. The van der Waals surface area contributed by atoms with Crippen LogP contribution < -0.4 is 0 Å². The fourth-order valence-electron chi connectivity index (χ4n) is 4.31. The van der Waals surface area contributed by atoms with Gasteiger partial charge < -0.3 is 26.2 Å². The number of carbonyl (C=O) groups is 4. The summed E-state index contributed by atoms with van der Waals surface area (Å²) in [4.78, 5) is 60.2. The van der Waals surface area contributed by atoms with E-state index in [9.17, 15) is 39.6 Å². The Morgan fingerprint density at radius 2 is 1.33 bits per heavy atom. The molecule has 3 heterocycles. The van der Waals surface area contributed by atoms with Gasteiger partial charge in [0.1, 0.15) is 0 Å². The number of carboxylic acids is 4. The van der Waals surface area contributed by atoms with Crippen LogP contribution in [0.25, 0.3) is 23.5 Å². The van der Waals surface area contributed by atoms with Crippen LogP contribution in [0.5, 0.6) is 0 Å². The summed E-state index contributed by atoms with van der Waals surface area (Å²) < 4.78 is 2.00. The first-order chi connectivity index (χ1) is 19.9. The molecule has 0 spiro atoms. The topological polar surface area (TPSA) is 214 Å². The molecular weight excluding hydrogens is 598 g/mol. The molecule has 13 heteroatoms. The quantitative estimate of drug-likeness (QED) is 0.147. The van der Waals surface area contributed by atoms with Crippen molar-refractivity contribution >= 4 is 57.6 Å². The van der Waals surface area contributed by atoms with Gasteiger partial charge in [-0.25, -0.2) is 19.2 Å². The zero-order valence-corrected chi connectivity index (χ0v) is 24.4. The monoisotopic (exact) mass is 614 g/mol. The predicted octanol–water partition coefficient (Wildman–Crippen LogP) is 4.31. The summed E-state index contributed by atoms with van der Waals surface area (Å²) in [6.07, 6.45) is 11.0. The molecule has 2 aliphatic rings. The molecule has 206 valence electrons. The number of aromatic nitrogens is 1. The van der Waals surface area contributed by atoms with E-state index in [0.29, 0.717) is 17.5 Å². The Balaban J connectivity index is 1.84. The van der Waals surface area contributed by atoms with Crippen LogP contribution in [0.2, 0.25) is 0 Å². The molecule has 12 nitrogen and oxygen atoms in total. The number of hydrogen-bond acceptors (Lipinski definition) is 6. The second-order valence-corrected chi connectivity index (χ2v) is 9.54. The van der Waals surface area contributed by atoms with Gasteiger partial charge in [0.05, 0.1) is 22.3 Å². The molecule has 2 aliphatic heterocycles. The molecule has 0 saturated heterocycles. The van der Waals surface area contributed by atoms with Crippen molar-refractivity contribution < 1.29 is 57.5 Å². The van der Waals surface area contributed by atoms with Gasteiger partial charge in [0, 0.05) is 0 Å². The molecule has 0 aliphatic carbocycles. The molecule has 0 atom stereocenters. The summed E-state index contributed by atoms with van der Waals surface area (Å²) in [7, 11) is 0. The zero-order chi connectivity index (χ0) is 30.7. The minimum absolute atomic E-state index is 0.0305. The van der Waals surface area contributed by atoms with E-state index < -0.39 is 57.4 Å². The normalized spacial score (nSPS) is 16.3. The fourth-order valence-corrected chi connectivity index (χ4v) is 4.79. The molecule has 0 saturated carbocycles. The molecule has 42 heavy (non-hydrogen) atoms. The van der Waals surface area contributed by atoms with Crippen molar-refractivity contribution in [3.63, 3.8) is 0 Å². The molecular formula is C29H18N4O8Zn-2. The van der Waals surface area contributed by atoms with Gasteiger partial charge >= 0.3 is 144 Å². The number of nitrogens with one attached hydrogen (secondary N) is 2. The number of aliphatic imine (C=N–C) groups is 2. The molecule has 4 rings (SSSR count). The number of aromatic amines is 1. The summed E-state index contributed by atoms with van der Waals surface area (Å²) in [5.74, 6) is -7.61. The Morgan fingerprint density at radius 3 is 1.83 bits per heavy atom. The average molecular weight is 616 g/mol. The number of hydrogen-bond donors (Lipinski definition) is 5. The molecule has 0 amide bonds. The maximum absolute atomic E-state index is 12.3. The van der Waals surface area contributed by atoms with Crippen LogP contribution in [0.4, 0.5) is 0 Å². The van der Waals surface area contributed by atoms with Crippen molar-refractivity contribution in [1.29, 1.82) is 0 Å². The van der Waals surface area contributed by atoms with Crippen molar-refractivity contribution in [2.24, 2.45) is 9.98 Å². The van der Waals surface area contributed by atoms with E-state index in [4.69, 9.17) is 12.3 Å². The van der Waals surface area contributed by atoms with Gasteiger partial charge in [0.15, 0.2) is 0 Å². The van der Waals surface area contributed by atoms with Crippen molar-refractivity contribution in [2.75, 3.05) is 0 Å². The Bertz CT molecular complexity index is 1830. The number of rotatable bonds is 10. The van der Waals surface area contributed by atoms with Gasteiger partial charge in [0.2, 0.25) is 0 Å². The molecule has 0 radical (unpaired) electrons. The molecule has 0 fully saturated rings. The molecule has 6 N–H and O–H groups in total. The SMILES string of the molecule is [CH-]=C/C([NH-])=C(/C1=NC(=Cc2ccc(C=C3C=CC([CH]=[Zn])=N3)[nH]2)C=C1)c1cc(C(=O)O)c(C(=O)O)c(C(=O)O)c1C(=O)O.